The average Bonchev–Trinajstić information content (AvgIpc) is 2.44. The molecular formula is C10H16F3N3. The fourth-order valence-corrected chi connectivity index (χ4v) is 1.40. The molecule has 3 nitrogen and oxygen atoms in total. The molecule has 1 aromatic heterocycles. The van der Waals surface area contributed by atoms with Gasteiger partial charge in [0, 0.05) is 6.04 Å². The molecule has 0 radical (unpaired) electrons. The van der Waals surface area contributed by atoms with Gasteiger partial charge in [-0.15, -0.1) is 0 Å². The maximum atomic E-state index is 12.5. The van der Waals surface area contributed by atoms with Gasteiger partial charge in [0.25, 0.3) is 0 Å². The predicted octanol–water partition coefficient (Wildman–Crippen LogP) is 2.68. The van der Waals surface area contributed by atoms with E-state index >= 15 is 0 Å². The lowest BCUT2D eigenvalue weighted by Gasteiger charge is -2.23. The summed E-state index contributed by atoms with van der Waals surface area (Å²) in [5, 5.41) is 3.59. The van der Waals surface area contributed by atoms with E-state index in [0.29, 0.717) is 5.69 Å². The van der Waals surface area contributed by atoms with Crippen LogP contribution in [0.4, 0.5) is 13.2 Å². The first-order valence-corrected chi connectivity index (χ1v) is 4.96. The van der Waals surface area contributed by atoms with Gasteiger partial charge in [0.1, 0.15) is 0 Å². The Morgan fingerprint density at radius 2 is 1.81 bits per heavy atom. The third-order valence-corrected chi connectivity index (χ3v) is 2.13. The van der Waals surface area contributed by atoms with Crippen LogP contribution < -0.4 is 5.73 Å². The molecule has 0 aliphatic rings. The molecule has 0 saturated carbocycles. The summed E-state index contributed by atoms with van der Waals surface area (Å²) < 4.78 is 38.9. The van der Waals surface area contributed by atoms with Gasteiger partial charge in [-0.05, 0) is 33.8 Å². The minimum absolute atomic E-state index is 0.389. The fraction of sp³-hybridized carbons (Fsp3) is 0.700. The van der Waals surface area contributed by atoms with Crippen molar-refractivity contribution in [2.24, 2.45) is 5.73 Å². The molecule has 0 unspecified atom stereocenters. The van der Waals surface area contributed by atoms with E-state index in [1.807, 2.05) is 0 Å². The van der Waals surface area contributed by atoms with E-state index < -0.39 is 23.5 Å². The summed E-state index contributed by atoms with van der Waals surface area (Å²) in [6, 6.07) is 0.526. The van der Waals surface area contributed by atoms with Crippen LogP contribution in [-0.2, 0) is 11.7 Å². The molecule has 0 saturated heterocycles. The Hall–Kier alpha value is -1.04. The molecule has 2 N–H and O–H groups in total. The van der Waals surface area contributed by atoms with Gasteiger partial charge in [0.2, 0.25) is 0 Å². The Morgan fingerprint density at radius 3 is 2.06 bits per heavy atom. The molecular weight excluding hydrogens is 219 g/mol. The number of halogens is 3. The molecule has 0 spiro atoms. The highest BCUT2D eigenvalue weighted by Gasteiger charge is 2.36. The summed E-state index contributed by atoms with van der Waals surface area (Å²) in [4.78, 5) is 0. The summed E-state index contributed by atoms with van der Waals surface area (Å²) in [6.07, 6.45) is -4.43. The predicted molar refractivity (Wildman–Crippen MR) is 54.8 cm³/mol. The van der Waals surface area contributed by atoms with Gasteiger partial charge in [-0.1, -0.05) is 0 Å². The average molecular weight is 235 g/mol. The maximum absolute atomic E-state index is 12.5. The monoisotopic (exact) mass is 235 g/mol. The van der Waals surface area contributed by atoms with E-state index in [4.69, 9.17) is 5.73 Å². The number of rotatable bonds is 1. The van der Waals surface area contributed by atoms with Gasteiger partial charge < -0.3 is 5.73 Å². The lowest BCUT2D eigenvalue weighted by Crippen LogP contribution is -2.28. The molecule has 0 fully saturated rings. The van der Waals surface area contributed by atoms with Gasteiger partial charge in [0.15, 0.2) is 5.69 Å². The first-order valence-electron chi connectivity index (χ1n) is 4.96. The Morgan fingerprint density at radius 1 is 1.31 bits per heavy atom. The normalized spacial score (nSPS) is 15.2. The van der Waals surface area contributed by atoms with Crippen LogP contribution in [-0.4, -0.2) is 9.78 Å². The van der Waals surface area contributed by atoms with Crippen molar-refractivity contribution in [1.29, 1.82) is 0 Å². The number of nitrogens with zero attached hydrogens (tertiary/aromatic N) is 2. The molecule has 0 bridgehead atoms. The van der Waals surface area contributed by atoms with Crippen LogP contribution in [0.15, 0.2) is 6.07 Å². The van der Waals surface area contributed by atoms with Crippen LogP contribution in [0.25, 0.3) is 0 Å². The molecule has 1 atom stereocenters. The van der Waals surface area contributed by atoms with Gasteiger partial charge in [-0.25, -0.2) is 0 Å². The molecule has 16 heavy (non-hydrogen) atoms. The molecule has 1 rings (SSSR count). The Bertz CT molecular complexity index is 372. The van der Waals surface area contributed by atoms with E-state index in [1.54, 1.807) is 27.7 Å². The summed E-state index contributed by atoms with van der Waals surface area (Å²) in [5.74, 6) is 0. The van der Waals surface area contributed by atoms with Crippen LogP contribution in [0.5, 0.6) is 0 Å². The van der Waals surface area contributed by atoms with Crippen molar-refractivity contribution in [3.05, 3.63) is 17.5 Å². The van der Waals surface area contributed by atoms with Crippen LogP contribution in [0.3, 0.4) is 0 Å². The van der Waals surface area contributed by atoms with Gasteiger partial charge in [-0.2, -0.15) is 18.3 Å². The summed E-state index contributed by atoms with van der Waals surface area (Å²) in [6.45, 7) is 6.99. The molecule has 92 valence electrons. The molecule has 1 heterocycles. The third kappa shape index (κ3) is 2.55. The number of alkyl halides is 3. The zero-order valence-corrected chi connectivity index (χ0v) is 9.76. The molecule has 1 aromatic rings. The lowest BCUT2D eigenvalue weighted by atomic mass is 10.1. The van der Waals surface area contributed by atoms with E-state index in [9.17, 15) is 13.2 Å². The van der Waals surface area contributed by atoms with Crippen molar-refractivity contribution in [3.63, 3.8) is 0 Å². The van der Waals surface area contributed by atoms with Crippen molar-refractivity contribution in [3.8, 4) is 0 Å². The maximum Gasteiger partial charge on any atom is 0.435 e. The van der Waals surface area contributed by atoms with Crippen molar-refractivity contribution in [2.45, 2.75) is 45.5 Å². The zero-order valence-electron chi connectivity index (χ0n) is 9.76. The van der Waals surface area contributed by atoms with Crippen LogP contribution in [0, 0.1) is 0 Å². The summed E-state index contributed by atoms with van der Waals surface area (Å²) >= 11 is 0. The fourth-order valence-electron chi connectivity index (χ4n) is 1.40. The summed E-state index contributed by atoms with van der Waals surface area (Å²) in [7, 11) is 0. The van der Waals surface area contributed by atoms with Gasteiger partial charge in [0.05, 0.1) is 11.2 Å². The highest BCUT2D eigenvalue weighted by molar-refractivity contribution is 5.17. The van der Waals surface area contributed by atoms with E-state index in [0.717, 1.165) is 6.07 Å². The second kappa shape index (κ2) is 3.76. The van der Waals surface area contributed by atoms with Crippen molar-refractivity contribution >= 4 is 0 Å². The van der Waals surface area contributed by atoms with E-state index in [-0.39, 0.29) is 0 Å². The SMILES string of the molecule is C[C@H](N)c1cc(C(F)(F)F)nn1C(C)(C)C. The first-order chi connectivity index (χ1) is 7.03. The highest BCUT2D eigenvalue weighted by Crippen LogP contribution is 2.31. The van der Waals surface area contributed by atoms with Crippen LogP contribution >= 0.6 is 0 Å². The smallest absolute Gasteiger partial charge is 0.323 e. The molecule has 0 aliphatic carbocycles. The quantitative estimate of drug-likeness (QED) is 0.813. The Balaban J connectivity index is 3.32. The molecule has 6 heteroatoms. The molecule has 0 amide bonds. The topological polar surface area (TPSA) is 43.8 Å². The van der Waals surface area contributed by atoms with Crippen molar-refractivity contribution < 1.29 is 13.2 Å². The standard InChI is InChI=1S/C10H16F3N3/c1-6(14)7-5-8(10(11,12)13)15-16(7)9(2,3)4/h5-6H,14H2,1-4H3/t6-/m0/s1. The van der Waals surface area contributed by atoms with Crippen molar-refractivity contribution in [2.75, 3.05) is 0 Å². The second-order valence-corrected chi connectivity index (χ2v) is 4.82. The Labute approximate surface area is 92.4 Å². The number of hydrogen-bond donors (Lipinski definition) is 1. The van der Waals surface area contributed by atoms with Crippen molar-refractivity contribution in [1.82, 2.24) is 9.78 Å². The highest BCUT2D eigenvalue weighted by atomic mass is 19.4. The second-order valence-electron chi connectivity index (χ2n) is 4.82. The Kier molecular flexibility index (Phi) is 3.06. The number of aromatic nitrogens is 2. The van der Waals surface area contributed by atoms with Crippen LogP contribution in [0.2, 0.25) is 0 Å². The summed E-state index contributed by atoms with van der Waals surface area (Å²) in [5.41, 5.74) is 4.61. The molecule has 0 aliphatic heterocycles. The zero-order chi connectivity index (χ0) is 12.7. The minimum Gasteiger partial charge on any atom is -0.323 e. The molecule has 0 aromatic carbocycles. The van der Waals surface area contributed by atoms with Gasteiger partial charge >= 0.3 is 6.18 Å². The number of hydrogen-bond acceptors (Lipinski definition) is 2. The minimum atomic E-state index is -4.43. The number of nitrogens with two attached hydrogens (primary N) is 1. The third-order valence-electron chi connectivity index (χ3n) is 2.13. The van der Waals surface area contributed by atoms with Crippen LogP contribution in [0.1, 0.15) is 45.1 Å². The van der Waals surface area contributed by atoms with E-state index in [1.165, 1.54) is 4.68 Å². The van der Waals surface area contributed by atoms with E-state index in [2.05, 4.69) is 5.10 Å². The van der Waals surface area contributed by atoms with Gasteiger partial charge in [-0.3, -0.25) is 4.68 Å². The first kappa shape index (κ1) is 13.0. The lowest BCUT2D eigenvalue weighted by molar-refractivity contribution is -0.141. The largest absolute Gasteiger partial charge is 0.435 e.